The molecule has 4 heterocycles. The maximum Gasteiger partial charge on any atom is 0.454 e. The number of halogens is 1. The number of hydrogen-bond acceptors (Lipinski definition) is 12. The quantitative estimate of drug-likeness (QED) is 0.0876. The summed E-state index contributed by atoms with van der Waals surface area (Å²) in [5.41, 5.74) is 1.98. The number of aromatic nitrogens is 4. The summed E-state index contributed by atoms with van der Waals surface area (Å²) in [6.45, 7) is 12.4. The van der Waals surface area contributed by atoms with E-state index < -0.39 is 7.12 Å². The van der Waals surface area contributed by atoms with Gasteiger partial charge in [0.25, 0.3) is 0 Å². The zero-order valence-corrected chi connectivity index (χ0v) is 35.8. The van der Waals surface area contributed by atoms with Crippen LogP contribution in [0.5, 0.6) is 11.5 Å². The van der Waals surface area contributed by atoms with Gasteiger partial charge in [-0.1, -0.05) is 37.1 Å². The molecular weight excluding hydrogens is 783 g/mol. The van der Waals surface area contributed by atoms with E-state index in [1.54, 1.807) is 6.20 Å². The van der Waals surface area contributed by atoms with E-state index in [9.17, 15) is 9.59 Å². The van der Waals surface area contributed by atoms with Gasteiger partial charge in [-0.3, -0.25) is 9.59 Å². The Kier molecular flexibility index (Phi) is 16.0. The van der Waals surface area contributed by atoms with Gasteiger partial charge in [0.2, 0.25) is 17.1 Å². The topological polar surface area (TPSA) is 175 Å². The Morgan fingerprint density at radius 1 is 0.717 bits per heavy atom. The summed E-state index contributed by atoms with van der Waals surface area (Å²) >= 11 is 5.86. The molecule has 4 aromatic rings. The fourth-order valence-corrected chi connectivity index (χ4v) is 7.20. The van der Waals surface area contributed by atoms with Crippen molar-refractivity contribution in [3.63, 3.8) is 0 Å². The van der Waals surface area contributed by atoms with Crippen LogP contribution in [0, 0.1) is 0 Å². The summed E-state index contributed by atoms with van der Waals surface area (Å²) in [5, 5.41) is 22.5. The maximum atomic E-state index is 12.0. The van der Waals surface area contributed by atoms with Gasteiger partial charge in [0, 0.05) is 57.3 Å². The van der Waals surface area contributed by atoms with Gasteiger partial charge in [-0.15, -0.1) is 0 Å². The van der Waals surface area contributed by atoms with Crippen LogP contribution in [-0.2, 0) is 9.59 Å². The van der Waals surface area contributed by atoms with Crippen molar-refractivity contribution in [2.24, 2.45) is 0 Å². The lowest BCUT2D eigenvalue weighted by molar-refractivity contribution is -0.122. The third-order valence-corrected chi connectivity index (χ3v) is 11.2. The molecule has 14 nitrogen and oxygen atoms in total. The molecule has 4 atom stereocenters. The van der Waals surface area contributed by atoms with E-state index in [4.69, 9.17) is 36.1 Å². The number of anilines is 2. The average molecular weight is 841 g/mol. The number of hydrogen-bond donors (Lipinski definition) is 4. The lowest BCUT2D eigenvalue weighted by atomic mass is 9.84. The molecule has 4 aliphatic rings. The highest BCUT2D eigenvalue weighted by Gasteiger charge is 2.33. The van der Waals surface area contributed by atoms with E-state index in [2.05, 4.69) is 35.4 Å². The standard InChI is InChI=1S/C22H28N4O2.C19H23ClN4O2.C3H7BO2/c1-3-23-22(27)15(2)16-6-8-18(9-7-16)28-19-11-13-26(14-19)20-10-12-24-21(25-20)17-4-5-17;1-3-21-18(25)13(2)14-4-6-15(7-5-14)26-16-9-11-24(12-16)17-8-10-22-19(20)23-17;5-4(6)3-1-2-3/h6-10,12,15,17,19H,3-5,11,13-14H2,1-2H3,(H,23,27);4-8,10,13,16H,3,9,11-12H2,1-2H3,(H,21,25);3,5-6H,1-2H2/t15?,19-;13?,16-;/m11./s1. The van der Waals surface area contributed by atoms with Crippen molar-refractivity contribution < 1.29 is 29.1 Å². The molecule has 2 aromatic carbocycles. The SMILES string of the molecule is CCNC(=O)C(C)c1ccc(O[C@@H]2CCN(c3ccnc(C4CC4)n3)C2)cc1.CCNC(=O)C(C)c1ccc(O[C@@H]2CCN(c3ccnc(Cl)n3)C2)cc1.OB(O)C1CC1. The minimum Gasteiger partial charge on any atom is -0.489 e. The molecule has 16 heteroatoms. The molecule has 8 rings (SSSR count). The number of rotatable bonds is 14. The molecule has 2 amide bonds. The molecule has 2 aliphatic carbocycles. The third kappa shape index (κ3) is 13.0. The zero-order chi connectivity index (χ0) is 42.6. The lowest BCUT2D eigenvalue weighted by Crippen LogP contribution is -2.27. The van der Waals surface area contributed by atoms with E-state index in [1.165, 1.54) is 12.8 Å². The molecule has 0 bridgehead atoms. The molecule has 2 aliphatic heterocycles. The maximum absolute atomic E-state index is 12.0. The van der Waals surface area contributed by atoms with Crippen molar-refractivity contribution in [2.75, 3.05) is 49.1 Å². The number of ether oxygens (including phenoxy) is 2. The number of benzene rings is 2. The first-order chi connectivity index (χ1) is 29.0. The highest BCUT2D eigenvalue weighted by Crippen LogP contribution is 2.39. The van der Waals surface area contributed by atoms with Gasteiger partial charge in [-0.2, -0.15) is 0 Å². The summed E-state index contributed by atoms with van der Waals surface area (Å²) in [5.74, 6) is 5.01. The minimum absolute atomic E-state index is 0.0381. The highest BCUT2D eigenvalue weighted by molar-refractivity contribution is 6.44. The second kappa shape index (κ2) is 21.5. The van der Waals surface area contributed by atoms with Crippen LogP contribution < -0.4 is 29.9 Å². The van der Waals surface area contributed by atoms with Crippen molar-refractivity contribution in [3.05, 3.63) is 95.3 Å². The van der Waals surface area contributed by atoms with Crippen LogP contribution in [0.4, 0.5) is 11.6 Å². The van der Waals surface area contributed by atoms with Crippen LogP contribution in [0.25, 0.3) is 0 Å². The molecule has 2 aromatic heterocycles. The molecule has 0 spiro atoms. The van der Waals surface area contributed by atoms with Gasteiger partial charge in [-0.05, 0) is 105 Å². The van der Waals surface area contributed by atoms with Crippen LogP contribution in [0.2, 0.25) is 11.1 Å². The number of carbonyl (C=O) groups is 2. The summed E-state index contributed by atoms with van der Waals surface area (Å²) in [6, 6.07) is 19.5. The molecule has 0 radical (unpaired) electrons. The fourth-order valence-electron chi connectivity index (χ4n) is 7.05. The van der Waals surface area contributed by atoms with Gasteiger partial charge < -0.3 is 40.0 Å². The monoisotopic (exact) mass is 840 g/mol. The average Bonchev–Trinajstić information content (AvgIpc) is 4.20. The summed E-state index contributed by atoms with van der Waals surface area (Å²) in [6.07, 6.45) is 10.1. The predicted molar refractivity (Wildman–Crippen MR) is 234 cm³/mol. The Labute approximate surface area is 358 Å². The van der Waals surface area contributed by atoms with Crippen molar-refractivity contribution in [1.29, 1.82) is 0 Å². The van der Waals surface area contributed by atoms with Crippen LogP contribution in [0.15, 0.2) is 73.1 Å². The largest absolute Gasteiger partial charge is 0.489 e. The third-order valence-electron chi connectivity index (χ3n) is 11.0. The molecule has 4 fully saturated rings. The van der Waals surface area contributed by atoms with Crippen LogP contribution >= 0.6 is 11.6 Å². The Morgan fingerprint density at radius 2 is 1.18 bits per heavy atom. The van der Waals surface area contributed by atoms with Gasteiger partial charge in [0.05, 0.1) is 24.9 Å². The van der Waals surface area contributed by atoms with E-state index >= 15 is 0 Å². The molecule has 2 saturated heterocycles. The number of amides is 2. The molecule has 320 valence electrons. The summed E-state index contributed by atoms with van der Waals surface area (Å²) < 4.78 is 12.3. The first-order valence-corrected chi connectivity index (χ1v) is 21.6. The summed E-state index contributed by atoms with van der Waals surface area (Å²) in [4.78, 5) is 45.7. The first-order valence-electron chi connectivity index (χ1n) is 21.3. The van der Waals surface area contributed by atoms with Crippen molar-refractivity contribution in [2.45, 2.75) is 102 Å². The zero-order valence-electron chi connectivity index (χ0n) is 35.0. The number of likely N-dealkylation sites (N-methyl/N-ethyl adjacent to an activating group) is 2. The molecular formula is C44H58BClN8O6. The van der Waals surface area contributed by atoms with E-state index in [1.807, 2.05) is 94.6 Å². The normalized spacial score (nSPS) is 19.2. The number of carbonyl (C=O) groups excluding carboxylic acids is 2. The molecule has 60 heavy (non-hydrogen) atoms. The van der Waals surface area contributed by atoms with E-state index in [0.29, 0.717) is 19.0 Å². The summed E-state index contributed by atoms with van der Waals surface area (Å²) in [7, 11) is -1.04. The Hall–Kier alpha value is -4.99. The first kappa shape index (κ1) is 44.6. The number of nitrogens with zero attached hydrogens (tertiary/aromatic N) is 6. The predicted octanol–water partition coefficient (Wildman–Crippen LogP) is 5.90. The second-order valence-corrected chi connectivity index (χ2v) is 16.1. The van der Waals surface area contributed by atoms with E-state index in [-0.39, 0.29) is 47.0 Å². The Balaban J connectivity index is 0.000000177. The van der Waals surface area contributed by atoms with Crippen molar-refractivity contribution in [3.8, 4) is 11.5 Å². The fraction of sp³-hybridized carbons (Fsp3) is 0.500. The van der Waals surface area contributed by atoms with Crippen molar-refractivity contribution >= 4 is 42.2 Å². The Morgan fingerprint density at radius 3 is 1.58 bits per heavy atom. The smallest absolute Gasteiger partial charge is 0.454 e. The van der Waals surface area contributed by atoms with Crippen LogP contribution in [0.3, 0.4) is 0 Å². The molecule has 4 N–H and O–H groups in total. The lowest BCUT2D eigenvalue weighted by Gasteiger charge is -2.19. The van der Waals surface area contributed by atoms with Crippen LogP contribution in [-0.4, -0.2) is 100 Å². The van der Waals surface area contributed by atoms with Gasteiger partial charge >= 0.3 is 7.12 Å². The van der Waals surface area contributed by atoms with Crippen LogP contribution in [0.1, 0.15) is 101 Å². The van der Waals surface area contributed by atoms with Gasteiger partial charge in [-0.25, -0.2) is 19.9 Å². The van der Waals surface area contributed by atoms with E-state index in [0.717, 1.165) is 91.9 Å². The van der Waals surface area contributed by atoms with Crippen molar-refractivity contribution in [1.82, 2.24) is 30.6 Å². The second-order valence-electron chi connectivity index (χ2n) is 15.8. The number of nitrogens with one attached hydrogen (secondary N) is 2. The Bertz CT molecular complexity index is 1990. The molecule has 2 unspecified atom stereocenters. The van der Waals surface area contributed by atoms with Gasteiger partial charge in [0.1, 0.15) is 41.2 Å². The molecule has 2 saturated carbocycles. The minimum atomic E-state index is -1.04. The highest BCUT2D eigenvalue weighted by atomic mass is 35.5. The van der Waals surface area contributed by atoms with Gasteiger partial charge in [0.15, 0.2) is 0 Å².